The van der Waals surface area contributed by atoms with Crippen LogP contribution in [0.5, 0.6) is 0 Å². The van der Waals surface area contributed by atoms with E-state index >= 15 is 0 Å². The minimum absolute atomic E-state index is 0.0534. The highest BCUT2D eigenvalue weighted by atomic mass is 16.5. The van der Waals surface area contributed by atoms with E-state index in [-0.39, 0.29) is 5.91 Å². The maximum atomic E-state index is 12.9. The van der Waals surface area contributed by atoms with E-state index in [0.29, 0.717) is 43.4 Å². The molecule has 0 spiro atoms. The lowest BCUT2D eigenvalue weighted by molar-refractivity contribution is 0.0746. The Balaban J connectivity index is 1.31. The molecule has 4 heterocycles. The van der Waals surface area contributed by atoms with Crippen LogP contribution in [0.4, 0.5) is 5.95 Å². The summed E-state index contributed by atoms with van der Waals surface area (Å²) in [4.78, 5) is 21.0. The van der Waals surface area contributed by atoms with Gasteiger partial charge in [-0.2, -0.15) is 4.68 Å². The van der Waals surface area contributed by atoms with E-state index in [1.54, 1.807) is 10.7 Å². The third-order valence-electron chi connectivity index (χ3n) is 5.06. The van der Waals surface area contributed by atoms with Crippen molar-refractivity contribution in [3.8, 4) is 5.69 Å². The minimum Gasteiger partial charge on any atom is -0.336 e. The van der Waals surface area contributed by atoms with Gasteiger partial charge < -0.3 is 14.3 Å². The molecule has 1 fully saturated rings. The number of anilines is 1. The molecule has 1 aliphatic heterocycles. The van der Waals surface area contributed by atoms with Gasteiger partial charge in [0.15, 0.2) is 0 Å². The number of pyridine rings is 1. The van der Waals surface area contributed by atoms with Gasteiger partial charge >= 0.3 is 0 Å². The van der Waals surface area contributed by atoms with Gasteiger partial charge in [-0.1, -0.05) is 28.5 Å². The Hall–Kier alpha value is -3.82. The number of piperazine rings is 1. The number of nitrogens with zero attached hydrogens (tertiary/aromatic N) is 8. The van der Waals surface area contributed by atoms with Crippen molar-refractivity contribution in [3.05, 3.63) is 53.9 Å². The average Bonchev–Trinajstić information content (AvgIpc) is 3.41. The molecule has 0 unspecified atom stereocenters. The van der Waals surface area contributed by atoms with Crippen molar-refractivity contribution >= 4 is 23.0 Å². The van der Waals surface area contributed by atoms with E-state index in [4.69, 9.17) is 4.52 Å². The Morgan fingerprint density at radius 3 is 2.69 bits per heavy atom. The van der Waals surface area contributed by atoms with Crippen LogP contribution in [0.2, 0.25) is 0 Å². The molecule has 1 saturated heterocycles. The second-order valence-electron chi connectivity index (χ2n) is 6.85. The average molecular weight is 390 g/mol. The van der Waals surface area contributed by atoms with Gasteiger partial charge in [0, 0.05) is 32.4 Å². The molecule has 0 saturated carbocycles. The van der Waals surface area contributed by atoms with Crippen LogP contribution in [0.25, 0.3) is 16.8 Å². The Bertz CT molecular complexity index is 1160. The van der Waals surface area contributed by atoms with Gasteiger partial charge in [-0.05, 0) is 35.5 Å². The number of hydrogen-bond donors (Lipinski definition) is 0. The zero-order chi connectivity index (χ0) is 19.8. The van der Waals surface area contributed by atoms with Crippen LogP contribution in [-0.2, 0) is 0 Å². The first kappa shape index (κ1) is 17.3. The molecule has 10 heteroatoms. The van der Waals surface area contributed by atoms with Crippen LogP contribution >= 0.6 is 0 Å². The van der Waals surface area contributed by atoms with Crippen molar-refractivity contribution in [3.63, 3.8) is 0 Å². The van der Waals surface area contributed by atoms with Crippen molar-refractivity contribution in [2.24, 2.45) is 0 Å². The van der Waals surface area contributed by atoms with Crippen LogP contribution in [0.15, 0.2) is 47.1 Å². The fraction of sp³-hybridized carbons (Fsp3) is 0.263. The molecule has 1 aromatic carbocycles. The van der Waals surface area contributed by atoms with Crippen molar-refractivity contribution < 1.29 is 9.32 Å². The molecule has 0 aliphatic carbocycles. The van der Waals surface area contributed by atoms with Crippen LogP contribution in [0.3, 0.4) is 0 Å². The Kier molecular flexibility index (Phi) is 4.15. The van der Waals surface area contributed by atoms with Gasteiger partial charge in [0.1, 0.15) is 0 Å². The first-order valence-electron chi connectivity index (χ1n) is 9.31. The van der Waals surface area contributed by atoms with E-state index in [0.717, 1.165) is 16.8 Å². The number of amides is 1. The molecule has 4 aromatic rings. The summed E-state index contributed by atoms with van der Waals surface area (Å²) >= 11 is 0. The summed E-state index contributed by atoms with van der Waals surface area (Å²) in [5.41, 5.74) is 2.59. The Labute approximate surface area is 165 Å². The Morgan fingerprint density at radius 2 is 1.90 bits per heavy atom. The van der Waals surface area contributed by atoms with Gasteiger partial charge in [-0.15, -0.1) is 0 Å². The monoisotopic (exact) mass is 390 g/mol. The summed E-state index contributed by atoms with van der Waals surface area (Å²) in [6.07, 6.45) is 1.54. The SMILES string of the molecule is Cc1noc2ncc(C(=O)N3CCN(c4nnnn4-c4ccccc4)CC3)cc12. The summed E-state index contributed by atoms with van der Waals surface area (Å²) in [7, 11) is 0. The highest BCUT2D eigenvalue weighted by Crippen LogP contribution is 2.20. The molecule has 0 bridgehead atoms. The molecule has 0 radical (unpaired) electrons. The largest absolute Gasteiger partial charge is 0.336 e. The molecule has 29 heavy (non-hydrogen) atoms. The quantitative estimate of drug-likeness (QED) is 0.518. The molecule has 0 N–H and O–H groups in total. The van der Waals surface area contributed by atoms with Crippen molar-refractivity contribution in [2.75, 3.05) is 31.1 Å². The minimum atomic E-state index is -0.0534. The number of carbonyl (C=O) groups is 1. The van der Waals surface area contributed by atoms with Gasteiger partial charge in [0.05, 0.1) is 22.3 Å². The smallest absolute Gasteiger partial charge is 0.257 e. The number of benzene rings is 1. The molecule has 0 atom stereocenters. The van der Waals surface area contributed by atoms with E-state index in [1.807, 2.05) is 42.2 Å². The van der Waals surface area contributed by atoms with Gasteiger partial charge in [-0.25, -0.2) is 4.98 Å². The highest BCUT2D eigenvalue weighted by Gasteiger charge is 2.26. The molecule has 3 aromatic heterocycles. The second kappa shape index (κ2) is 6.97. The molecule has 10 nitrogen and oxygen atoms in total. The maximum absolute atomic E-state index is 12.9. The van der Waals surface area contributed by atoms with E-state index in [1.165, 1.54) is 6.20 Å². The lowest BCUT2D eigenvalue weighted by atomic mass is 10.2. The van der Waals surface area contributed by atoms with Gasteiger partial charge in [0.2, 0.25) is 5.95 Å². The number of fused-ring (bicyclic) bond motifs is 1. The van der Waals surface area contributed by atoms with E-state index in [2.05, 4.69) is 30.6 Å². The van der Waals surface area contributed by atoms with Crippen LogP contribution in [0.1, 0.15) is 16.1 Å². The number of carbonyl (C=O) groups excluding carboxylic acids is 1. The molecular formula is C19H18N8O2. The summed E-state index contributed by atoms with van der Waals surface area (Å²) in [6, 6.07) is 11.5. The molecule has 146 valence electrons. The standard InChI is InChI=1S/C19H18N8O2/c1-13-16-11-14(12-20-17(16)29-22-13)18(28)25-7-9-26(10-8-25)19-21-23-24-27(19)15-5-3-2-4-6-15/h2-6,11-12H,7-10H2,1H3. The number of hydrogen-bond acceptors (Lipinski definition) is 8. The number of rotatable bonds is 3. The number of aryl methyl sites for hydroxylation is 1. The first-order valence-corrected chi connectivity index (χ1v) is 9.31. The molecule has 5 rings (SSSR count). The van der Waals surface area contributed by atoms with Gasteiger partial charge in [0.25, 0.3) is 11.6 Å². The summed E-state index contributed by atoms with van der Waals surface area (Å²) < 4.78 is 6.83. The predicted octanol–water partition coefficient (Wildman–Crippen LogP) is 1.47. The molecular weight excluding hydrogens is 372 g/mol. The summed E-state index contributed by atoms with van der Waals surface area (Å²) in [5, 5.41) is 16.8. The van der Waals surface area contributed by atoms with E-state index in [9.17, 15) is 4.79 Å². The number of aromatic nitrogens is 6. The van der Waals surface area contributed by atoms with Crippen molar-refractivity contribution in [1.82, 2.24) is 35.2 Å². The third-order valence-corrected chi connectivity index (χ3v) is 5.06. The normalized spacial score (nSPS) is 14.5. The third kappa shape index (κ3) is 3.08. The topological polar surface area (TPSA) is 106 Å². The van der Waals surface area contributed by atoms with Crippen LogP contribution in [0, 0.1) is 6.92 Å². The number of tetrazole rings is 1. The fourth-order valence-corrected chi connectivity index (χ4v) is 3.47. The molecule has 1 aliphatic rings. The predicted molar refractivity (Wildman–Crippen MR) is 104 cm³/mol. The maximum Gasteiger partial charge on any atom is 0.257 e. The molecule has 1 amide bonds. The summed E-state index contributed by atoms with van der Waals surface area (Å²) in [6.45, 7) is 4.25. The Morgan fingerprint density at radius 1 is 1.10 bits per heavy atom. The zero-order valence-corrected chi connectivity index (χ0v) is 15.8. The second-order valence-corrected chi connectivity index (χ2v) is 6.85. The lowest BCUT2D eigenvalue weighted by Crippen LogP contribution is -2.49. The van der Waals surface area contributed by atoms with Crippen molar-refractivity contribution in [2.45, 2.75) is 6.92 Å². The first-order chi connectivity index (χ1) is 14.2. The van der Waals surface area contributed by atoms with E-state index < -0.39 is 0 Å². The van der Waals surface area contributed by atoms with Gasteiger partial charge in [-0.3, -0.25) is 4.79 Å². The number of para-hydroxylation sites is 1. The fourth-order valence-electron chi connectivity index (χ4n) is 3.47. The zero-order valence-electron chi connectivity index (χ0n) is 15.8. The summed E-state index contributed by atoms with van der Waals surface area (Å²) in [5.74, 6) is 0.619. The highest BCUT2D eigenvalue weighted by molar-refractivity contribution is 5.97. The van der Waals surface area contributed by atoms with Crippen molar-refractivity contribution in [1.29, 1.82) is 0 Å². The van der Waals surface area contributed by atoms with Crippen LogP contribution in [-0.4, -0.2) is 67.3 Å². The van der Waals surface area contributed by atoms with Crippen LogP contribution < -0.4 is 4.90 Å². The lowest BCUT2D eigenvalue weighted by Gasteiger charge is -2.34.